The van der Waals surface area contributed by atoms with Crippen LogP contribution in [0.1, 0.15) is 65.7 Å². The van der Waals surface area contributed by atoms with E-state index in [1.165, 1.54) is 0 Å². The number of rotatable bonds is 2. The molecule has 0 aromatic carbocycles. The highest BCUT2D eigenvalue weighted by Gasteiger charge is 2.75. The summed E-state index contributed by atoms with van der Waals surface area (Å²) in [5.74, 6) is 0.219. The smallest absolute Gasteiger partial charge is 0.179 e. The van der Waals surface area contributed by atoms with Gasteiger partial charge in [-0.1, -0.05) is 20.8 Å². The lowest BCUT2D eigenvalue weighted by Gasteiger charge is -2.66. The van der Waals surface area contributed by atoms with Crippen molar-refractivity contribution in [1.29, 1.82) is 0 Å². The van der Waals surface area contributed by atoms with Gasteiger partial charge in [-0.15, -0.1) is 34.8 Å². The Morgan fingerprint density at radius 3 is 2.54 bits per heavy atom. The molecule has 0 saturated heterocycles. The van der Waals surface area contributed by atoms with Crippen molar-refractivity contribution in [2.45, 2.75) is 81.6 Å². The van der Waals surface area contributed by atoms with E-state index in [0.29, 0.717) is 25.0 Å². The van der Waals surface area contributed by atoms with Gasteiger partial charge in [0.1, 0.15) is 11.4 Å². The fourth-order valence-electron chi connectivity index (χ4n) is 8.02. The predicted octanol–water partition coefficient (Wildman–Crippen LogP) is 4.96. The standard InChI is InChI=1S/C22H31Cl3O3/c1-12-8-16-15-5-4-13-9-14(26)6-7-19(13,2)21(15,25)17(24)10-20(16,3)22(12,28)18(27)11-23/h12-13,15-17,28H,4-11H2,1-3H3/t12?,13?,15-,16-,17?,19-,20-,21-,22-/m0/s1. The number of halogens is 3. The molecule has 0 aromatic heterocycles. The molecule has 0 bridgehead atoms. The molecule has 0 spiro atoms. The third kappa shape index (κ3) is 2.34. The Labute approximate surface area is 182 Å². The van der Waals surface area contributed by atoms with Crippen molar-refractivity contribution in [2.75, 3.05) is 5.88 Å². The fraction of sp³-hybridized carbons (Fsp3) is 0.909. The van der Waals surface area contributed by atoms with E-state index in [1.807, 2.05) is 13.8 Å². The average Bonchev–Trinajstić information content (AvgIpc) is 2.84. The summed E-state index contributed by atoms with van der Waals surface area (Å²) in [6.07, 6.45) is 5.09. The van der Waals surface area contributed by atoms with Gasteiger partial charge in [0.05, 0.1) is 16.1 Å². The van der Waals surface area contributed by atoms with E-state index >= 15 is 0 Å². The Balaban J connectivity index is 1.79. The van der Waals surface area contributed by atoms with Gasteiger partial charge in [-0.2, -0.15) is 0 Å². The van der Waals surface area contributed by atoms with Crippen molar-refractivity contribution in [3.8, 4) is 0 Å². The summed E-state index contributed by atoms with van der Waals surface area (Å²) in [5, 5.41) is 11.3. The first-order chi connectivity index (χ1) is 13.0. The van der Waals surface area contributed by atoms with Crippen molar-refractivity contribution >= 4 is 46.4 Å². The van der Waals surface area contributed by atoms with Crippen LogP contribution in [0.3, 0.4) is 0 Å². The molecule has 3 nitrogen and oxygen atoms in total. The number of carbonyl (C=O) groups is 2. The lowest BCUT2D eigenvalue weighted by Crippen LogP contribution is -2.69. The number of Topliss-reactive ketones (excluding diaryl/α,β-unsaturated/α-hetero) is 2. The Bertz CT molecular complexity index is 713. The summed E-state index contributed by atoms with van der Waals surface area (Å²) in [4.78, 5) is 24.3. The summed E-state index contributed by atoms with van der Waals surface area (Å²) >= 11 is 20.5. The number of hydrogen-bond acceptors (Lipinski definition) is 3. The number of fused-ring (bicyclic) bond motifs is 5. The Kier molecular flexibility index (Phi) is 5.03. The molecule has 0 aliphatic heterocycles. The second-order valence-corrected chi connectivity index (χ2v) is 11.9. The largest absolute Gasteiger partial charge is 0.381 e. The molecule has 28 heavy (non-hydrogen) atoms. The maximum Gasteiger partial charge on any atom is 0.179 e. The molecule has 1 N–H and O–H groups in total. The van der Waals surface area contributed by atoms with Gasteiger partial charge in [-0.05, 0) is 61.2 Å². The van der Waals surface area contributed by atoms with E-state index in [-0.39, 0.29) is 46.1 Å². The molecular formula is C22H31Cl3O3. The Morgan fingerprint density at radius 2 is 1.89 bits per heavy atom. The Hall–Kier alpha value is 0.170. The highest BCUT2D eigenvalue weighted by Crippen LogP contribution is 2.73. The van der Waals surface area contributed by atoms with E-state index in [0.717, 1.165) is 25.7 Å². The lowest BCUT2D eigenvalue weighted by molar-refractivity contribution is -0.168. The molecule has 0 aromatic rings. The van der Waals surface area contributed by atoms with Gasteiger partial charge in [-0.3, -0.25) is 9.59 Å². The van der Waals surface area contributed by atoms with Gasteiger partial charge in [0.25, 0.3) is 0 Å². The molecule has 4 aliphatic carbocycles. The van der Waals surface area contributed by atoms with Crippen LogP contribution in [-0.2, 0) is 9.59 Å². The van der Waals surface area contributed by atoms with Crippen LogP contribution >= 0.6 is 34.8 Å². The maximum absolute atomic E-state index is 12.8. The minimum atomic E-state index is -1.45. The van der Waals surface area contributed by atoms with E-state index in [2.05, 4.69) is 6.92 Å². The first-order valence-corrected chi connectivity index (χ1v) is 12.0. The molecule has 4 saturated carbocycles. The molecule has 4 aliphatic rings. The van der Waals surface area contributed by atoms with Gasteiger partial charge >= 0.3 is 0 Å². The van der Waals surface area contributed by atoms with Crippen LogP contribution in [-0.4, -0.2) is 38.4 Å². The van der Waals surface area contributed by atoms with Crippen LogP contribution in [0.5, 0.6) is 0 Å². The molecule has 3 unspecified atom stereocenters. The van der Waals surface area contributed by atoms with Crippen LogP contribution in [0.2, 0.25) is 0 Å². The number of ketones is 2. The van der Waals surface area contributed by atoms with Crippen molar-refractivity contribution in [3.05, 3.63) is 0 Å². The minimum absolute atomic E-state index is 0.127. The van der Waals surface area contributed by atoms with E-state index in [9.17, 15) is 14.7 Å². The minimum Gasteiger partial charge on any atom is -0.381 e. The van der Waals surface area contributed by atoms with E-state index in [4.69, 9.17) is 34.8 Å². The molecule has 4 rings (SSSR count). The monoisotopic (exact) mass is 448 g/mol. The van der Waals surface area contributed by atoms with Crippen LogP contribution in [0.25, 0.3) is 0 Å². The van der Waals surface area contributed by atoms with E-state index in [1.54, 1.807) is 0 Å². The number of carbonyl (C=O) groups excluding carboxylic acids is 2. The van der Waals surface area contributed by atoms with E-state index < -0.39 is 15.9 Å². The zero-order valence-electron chi connectivity index (χ0n) is 16.9. The first kappa shape index (κ1) is 21.4. The summed E-state index contributed by atoms with van der Waals surface area (Å²) < 4.78 is 0. The summed E-state index contributed by atoms with van der Waals surface area (Å²) in [6.45, 7) is 6.21. The molecule has 158 valence electrons. The maximum atomic E-state index is 12.8. The van der Waals surface area contributed by atoms with Crippen LogP contribution in [0, 0.1) is 34.5 Å². The highest BCUT2D eigenvalue weighted by atomic mass is 35.5. The van der Waals surface area contributed by atoms with Gasteiger partial charge in [-0.25, -0.2) is 0 Å². The summed E-state index contributed by atoms with van der Waals surface area (Å²) in [6, 6.07) is 0. The third-order valence-corrected chi connectivity index (χ3v) is 11.5. The average molecular weight is 450 g/mol. The molecule has 0 heterocycles. The quantitative estimate of drug-likeness (QED) is 0.606. The first-order valence-electron chi connectivity index (χ1n) is 10.6. The normalized spacial score (nSPS) is 56.0. The van der Waals surface area contributed by atoms with Crippen molar-refractivity contribution < 1.29 is 14.7 Å². The molecule has 0 amide bonds. The van der Waals surface area contributed by atoms with Gasteiger partial charge in [0, 0.05) is 18.3 Å². The highest BCUT2D eigenvalue weighted by molar-refractivity contribution is 6.33. The second kappa shape index (κ2) is 6.58. The topological polar surface area (TPSA) is 54.4 Å². The summed E-state index contributed by atoms with van der Waals surface area (Å²) in [7, 11) is 0. The van der Waals surface area contributed by atoms with Gasteiger partial charge < -0.3 is 5.11 Å². The van der Waals surface area contributed by atoms with Crippen molar-refractivity contribution in [1.82, 2.24) is 0 Å². The predicted molar refractivity (Wildman–Crippen MR) is 112 cm³/mol. The van der Waals surface area contributed by atoms with Crippen LogP contribution < -0.4 is 0 Å². The molecule has 4 fully saturated rings. The van der Waals surface area contributed by atoms with Crippen LogP contribution in [0.15, 0.2) is 0 Å². The fourth-order valence-corrected chi connectivity index (χ4v) is 9.54. The van der Waals surface area contributed by atoms with Gasteiger partial charge in [0.2, 0.25) is 0 Å². The van der Waals surface area contributed by atoms with Crippen molar-refractivity contribution in [2.24, 2.45) is 34.5 Å². The molecular weight excluding hydrogens is 419 g/mol. The molecule has 0 radical (unpaired) electrons. The van der Waals surface area contributed by atoms with Crippen LogP contribution in [0.4, 0.5) is 0 Å². The SMILES string of the molecule is CC1C[C@H]2[C@@H]3CCC4CC(=O)CC[C@]4(C)[C@@]3(Cl)C(Cl)C[C@]2(C)[C@@]1(O)C(=O)CCl. The summed E-state index contributed by atoms with van der Waals surface area (Å²) in [5.41, 5.74) is -2.27. The number of hydrogen-bond donors (Lipinski definition) is 1. The zero-order valence-corrected chi connectivity index (χ0v) is 19.2. The van der Waals surface area contributed by atoms with Crippen molar-refractivity contribution in [3.63, 3.8) is 0 Å². The molecule has 6 heteroatoms. The zero-order chi connectivity index (χ0) is 20.7. The number of aliphatic hydroxyl groups is 1. The lowest BCUT2D eigenvalue weighted by atomic mass is 9.43. The Morgan fingerprint density at radius 1 is 1.21 bits per heavy atom. The molecule has 9 atom stereocenters. The van der Waals surface area contributed by atoms with Gasteiger partial charge in [0.15, 0.2) is 5.78 Å². The number of alkyl halides is 3. The third-order valence-electron chi connectivity index (χ3n) is 9.64. The second-order valence-electron chi connectivity index (χ2n) is 10.5.